The monoisotopic (exact) mass is 335 g/mol. The van der Waals surface area contributed by atoms with Gasteiger partial charge in [-0.3, -0.25) is 9.59 Å². The molecule has 1 aromatic heterocycles. The first-order valence-corrected chi connectivity index (χ1v) is 8.16. The molecule has 0 spiro atoms. The van der Waals surface area contributed by atoms with Crippen molar-refractivity contribution in [3.05, 3.63) is 41.5 Å². The quantitative estimate of drug-likeness (QED) is 0.762. The Morgan fingerprint density at radius 3 is 2.91 bits per heavy atom. The lowest BCUT2D eigenvalue weighted by Crippen LogP contribution is -2.12. The number of nitrogens with one attached hydrogen (secondary N) is 1. The molecule has 0 fully saturated rings. The molecule has 1 amide bonds. The zero-order chi connectivity index (χ0) is 16.7. The number of carbonyl (C=O) groups is 2. The molecule has 0 aliphatic heterocycles. The number of carboxylic acid groups (broad SMARTS) is 1. The predicted molar refractivity (Wildman–Crippen MR) is 86.2 cm³/mol. The van der Waals surface area contributed by atoms with Gasteiger partial charge in [-0.2, -0.15) is 4.98 Å². The maximum atomic E-state index is 11.9. The summed E-state index contributed by atoms with van der Waals surface area (Å²) in [5.74, 6) is 0.646. The van der Waals surface area contributed by atoms with Gasteiger partial charge in [-0.15, -0.1) is 11.8 Å². The summed E-state index contributed by atoms with van der Waals surface area (Å²) in [4.78, 5) is 26.5. The van der Waals surface area contributed by atoms with Gasteiger partial charge in [0.15, 0.2) is 5.82 Å². The van der Waals surface area contributed by atoms with E-state index in [4.69, 9.17) is 9.63 Å². The molecule has 23 heavy (non-hydrogen) atoms. The van der Waals surface area contributed by atoms with Crippen molar-refractivity contribution in [1.82, 2.24) is 10.1 Å². The van der Waals surface area contributed by atoms with Crippen molar-refractivity contribution in [2.24, 2.45) is 0 Å². The van der Waals surface area contributed by atoms with Gasteiger partial charge < -0.3 is 14.9 Å². The second kappa shape index (κ2) is 8.33. The SMILES string of the molecule is Cc1noc(CCC(=O)Nc2cccc(CSCC(=O)O)c2)n1. The number of rotatable bonds is 8. The Morgan fingerprint density at radius 1 is 1.39 bits per heavy atom. The summed E-state index contributed by atoms with van der Waals surface area (Å²) in [6, 6.07) is 7.35. The molecule has 8 heteroatoms. The summed E-state index contributed by atoms with van der Waals surface area (Å²) < 4.78 is 4.96. The molecular weight excluding hydrogens is 318 g/mol. The van der Waals surface area contributed by atoms with E-state index in [0.717, 1.165) is 5.56 Å². The van der Waals surface area contributed by atoms with Crippen LogP contribution >= 0.6 is 11.8 Å². The van der Waals surface area contributed by atoms with Crippen LogP contribution in [-0.2, 0) is 21.8 Å². The second-order valence-electron chi connectivity index (χ2n) is 4.87. The molecule has 0 aliphatic rings. The van der Waals surface area contributed by atoms with Crippen molar-refractivity contribution in [2.45, 2.75) is 25.5 Å². The molecule has 1 aromatic carbocycles. The van der Waals surface area contributed by atoms with Crippen molar-refractivity contribution >= 4 is 29.3 Å². The fraction of sp³-hybridized carbons (Fsp3) is 0.333. The van der Waals surface area contributed by atoms with Gasteiger partial charge in [0.05, 0.1) is 5.75 Å². The van der Waals surface area contributed by atoms with E-state index in [1.165, 1.54) is 11.8 Å². The highest BCUT2D eigenvalue weighted by Gasteiger charge is 2.08. The van der Waals surface area contributed by atoms with Crippen LogP contribution in [0.5, 0.6) is 0 Å². The van der Waals surface area contributed by atoms with Crippen molar-refractivity contribution in [3.8, 4) is 0 Å². The van der Waals surface area contributed by atoms with E-state index in [1.807, 2.05) is 18.2 Å². The van der Waals surface area contributed by atoms with Crippen LogP contribution in [0.2, 0.25) is 0 Å². The Hall–Kier alpha value is -2.35. The second-order valence-corrected chi connectivity index (χ2v) is 5.86. The number of carbonyl (C=O) groups excluding carboxylic acids is 1. The molecule has 0 atom stereocenters. The largest absolute Gasteiger partial charge is 0.481 e. The fourth-order valence-electron chi connectivity index (χ4n) is 1.88. The molecule has 0 radical (unpaired) electrons. The van der Waals surface area contributed by atoms with Crippen LogP contribution in [0.15, 0.2) is 28.8 Å². The number of amides is 1. The first-order chi connectivity index (χ1) is 11.0. The summed E-state index contributed by atoms with van der Waals surface area (Å²) in [5.41, 5.74) is 1.65. The number of anilines is 1. The third-order valence-corrected chi connectivity index (χ3v) is 3.83. The number of benzene rings is 1. The standard InChI is InChI=1S/C15H17N3O4S/c1-10-16-14(22-18-10)6-5-13(19)17-12-4-2-3-11(7-12)8-23-9-15(20)21/h2-4,7H,5-6,8-9H2,1H3,(H,17,19)(H,20,21). The summed E-state index contributed by atoms with van der Waals surface area (Å²) in [7, 11) is 0. The number of carboxylic acids is 1. The van der Waals surface area contributed by atoms with E-state index in [2.05, 4.69) is 15.5 Å². The lowest BCUT2D eigenvalue weighted by Gasteiger charge is -2.06. The van der Waals surface area contributed by atoms with E-state index in [0.29, 0.717) is 29.6 Å². The van der Waals surface area contributed by atoms with Gasteiger partial charge >= 0.3 is 5.97 Å². The first kappa shape index (κ1) is 17.0. The van der Waals surface area contributed by atoms with E-state index in [9.17, 15) is 9.59 Å². The highest BCUT2D eigenvalue weighted by molar-refractivity contribution is 7.99. The minimum Gasteiger partial charge on any atom is -0.481 e. The zero-order valence-corrected chi connectivity index (χ0v) is 13.4. The Kier molecular flexibility index (Phi) is 6.16. The molecule has 0 aliphatic carbocycles. The number of aryl methyl sites for hydroxylation is 2. The van der Waals surface area contributed by atoms with Gasteiger partial charge in [0.1, 0.15) is 0 Å². The number of aliphatic carboxylic acids is 1. The summed E-state index contributed by atoms with van der Waals surface area (Å²) in [6.45, 7) is 1.72. The van der Waals surface area contributed by atoms with Crippen molar-refractivity contribution in [2.75, 3.05) is 11.1 Å². The van der Waals surface area contributed by atoms with Crippen LogP contribution in [0.25, 0.3) is 0 Å². The lowest BCUT2D eigenvalue weighted by molar-refractivity contribution is -0.133. The molecule has 0 saturated heterocycles. The van der Waals surface area contributed by atoms with Gasteiger partial charge in [-0.25, -0.2) is 0 Å². The molecule has 0 saturated carbocycles. The molecule has 7 nitrogen and oxygen atoms in total. The Bertz CT molecular complexity index is 687. The van der Waals surface area contributed by atoms with Crippen LogP contribution in [0.4, 0.5) is 5.69 Å². The fourth-order valence-corrected chi connectivity index (χ4v) is 2.57. The molecular formula is C15H17N3O4S. The molecule has 0 bridgehead atoms. The minimum absolute atomic E-state index is 0.0557. The highest BCUT2D eigenvalue weighted by atomic mass is 32.2. The minimum atomic E-state index is -0.837. The van der Waals surface area contributed by atoms with Crippen molar-refractivity contribution in [1.29, 1.82) is 0 Å². The van der Waals surface area contributed by atoms with Crippen molar-refractivity contribution < 1.29 is 19.2 Å². The third kappa shape index (κ3) is 6.11. The maximum absolute atomic E-state index is 11.9. The highest BCUT2D eigenvalue weighted by Crippen LogP contribution is 2.17. The van der Waals surface area contributed by atoms with Crippen LogP contribution < -0.4 is 5.32 Å². The number of hydrogen-bond acceptors (Lipinski definition) is 6. The van der Waals surface area contributed by atoms with Crippen LogP contribution in [-0.4, -0.2) is 32.9 Å². The molecule has 122 valence electrons. The Morgan fingerprint density at radius 2 is 2.22 bits per heavy atom. The predicted octanol–water partition coefficient (Wildman–Crippen LogP) is 2.27. The normalized spacial score (nSPS) is 10.5. The number of thioether (sulfide) groups is 1. The first-order valence-electron chi connectivity index (χ1n) is 7.00. The van der Waals surface area contributed by atoms with E-state index < -0.39 is 5.97 Å². The maximum Gasteiger partial charge on any atom is 0.313 e. The van der Waals surface area contributed by atoms with Gasteiger partial charge in [-0.1, -0.05) is 17.3 Å². The number of aromatic nitrogens is 2. The van der Waals surface area contributed by atoms with Gasteiger partial charge in [0.2, 0.25) is 11.8 Å². The average Bonchev–Trinajstić information content (AvgIpc) is 2.91. The third-order valence-electron chi connectivity index (χ3n) is 2.84. The van der Waals surface area contributed by atoms with Crippen molar-refractivity contribution in [3.63, 3.8) is 0 Å². The average molecular weight is 335 g/mol. The Balaban J connectivity index is 1.81. The molecule has 2 N–H and O–H groups in total. The molecule has 2 aromatic rings. The smallest absolute Gasteiger partial charge is 0.313 e. The zero-order valence-electron chi connectivity index (χ0n) is 12.6. The summed E-state index contributed by atoms with van der Waals surface area (Å²) in [5, 5.41) is 15.1. The van der Waals surface area contributed by atoms with E-state index in [1.54, 1.807) is 13.0 Å². The van der Waals surface area contributed by atoms with Gasteiger partial charge in [0, 0.05) is 24.3 Å². The molecule has 2 rings (SSSR count). The lowest BCUT2D eigenvalue weighted by atomic mass is 10.2. The van der Waals surface area contributed by atoms with Gasteiger partial charge in [0.25, 0.3) is 0 Å². The molecule has 0 unspecified atom stereocenters. The summed E-state index contributed by atoms with van der Waals surface area (Å²) >= 11 is 1.31. The summed E-state index contributed by atoms with van der Waals surface area (Å²) in [6.07, 6.45) is 0.639. The number of hydrogen-bond donors (Lipinski definition) is 2. The van der Waals surface area contributed by atoms with Crippen LogP contribution in [0.3, 0.4) is 0 Å². The topological polar surface area (TPSA) is 105 Å². The van der Waals surface area contributed by atoms with Crippen LogP contribution in [0.1, 0.15) is 23.7 Å². The molecule has 1 heterocycles. The van der Waals surface area contributed by atoms with E-state index >= 15 is 0 Å². The number of nitrogens with zero attached hydrogens (tertiary/aromatic N) is 2. The van der Waals surface area contributed by atoms with E-state index in [-0.39, 0.29) is 18.1 Å². The Labute approximate surface area is 137 Å². The van der Waals surface area contributed by atoms with Crippen LogP contribution in [0, 0.1) is 6.92 Å². The van der Waals surface area contributed by atoms with Gasteiger partial charge in [-0.05, 0) is 24.6 Å².